The quantitative estimate of drug-likeness (QED) is 0.641. The van der Waals surface area contributed by atoms with Crippen molar-refractivity contribution < 1.29 is 19.1 Å². The summed E-state index contributed by atoms with van der Waals surface area (Å²) in [6, 6.07) is 12.8. The van der Waals surface area contributed by atoms with E-state index in [0.29, 0.717) is 41.1 Å². The lowest BCUT2D eigenvalue weighted by Crippen LogP contribution is -2.42. The number of halogens is 1. The van der Waals surface area contributed by atoms with Crippen LogP contribution in [0.4, 0.5) is 5.69 Å². The summed E-state index contributed by atoms with van der Waals surface area (Å²) >= 11 is 6.11. The van der Waals surface area contributed by atoms with Crippen molar-refractivity contribution >= 4 is 29.1 Å². The van der Waals surface area contributed by atoms with Crippen LogP contribution in [0, 0.1) is 12.8 Å². The van der Waals surface area contributed by atoms with Crippen LogP contribution in [0.3, 0.4) is 0 Å². The van der Waals surface area contributed by atoms with Gasteiger partial charge in [0.2, 0.25) is 5.91 Å². The number of aryl methyl sites for hydroxylation is 1. The average Bonchev–Trinajstić information content (AvgIpc) is 2.77. The van der Waals surface area contributed by atoms with Crippen LogP contribution in [-0.4, -0.2) is 43.5 Å². The number of likely N-dealkylation sites (tertiary alicyclic amines) is 1. The molecule has 6 nitrogen and oxygen atoms in total. The SMILES string of the molecule is COc1ccc(NC(=O)CC[C@@H]2CCCN(C(=O)COc3ccc(C)cc3)C2)cc1Cl. The van der Waals surface area contributed by atoms with Gasteiger partial charge in [0.25, 0.3) is 5.91 Å². The summed E-state index contributed by atoms with van der Waals surface area (Å²) in [6.45, 7) is 3.45. The molecule has 1 fully saturated rings. The monoisotopic (exact) mass is 444 g/mol. The Kier molecular flexibility index (Phi) is 8.18. The van der Waals surface area contributed by atoms with E-state index in [0.717, 1.165) is 31.4 Å². The van der Waals surface area contributed by atoms with Crippen molar-refractivity contribution in [3.63, 3.8) is 0 Å². The van der Waals surface area contributed by atoms with Gasteiger partial charge >= 0.3 is 0 Å². The normalized spacial score (nSPS) is 16.0. The smallest absolute Gasteiger partial charge is 0.260 e. The highest BCUT2D eigenvalue weighted by molar-refractivity contribution is 6.32. The molecule has 0 spiro atoms. The standard InChI is InChI=1S/C24H29ClN2O4/c1-17-5-9-20(10-6-17)31-16-24(29)27-13-3-4-18(15-27)7-12-23(28)26-19-8-11-22(30-2)21(25)14-19/h5-6,8-11,14,18H,3-4,7,12-13,15-16H2,1-2H3,(H,26,28)/t18-/m0/s1. The zero-order chi connectivity index (χ0) is 22.2. The lowest BCUT2D eigenvalue weighted by Gasteiger charge is -2.32. The first kappa shape index (κ1) is 22.9. The Hall–Kier alpha value is -2.73. The molecule has 0 saturated carbocycles. The molecule has 1 aliphatic rings. The second-order valence-corrected chi connectivity index (χ2v) is 8.29. The van der Waals surface area contributed by atoms with E-state index in [1.807, 2.05) is 36.1 Å². The van der Waals surface area contributed by atoms with E-state index in [1.54, 1.807) is 25.3 Å². The van der Waals surface area contributed by atoms with Crippen molar-refractivity contribution in [3.05, 3.63) is 53.1 Å². The molecule has 1 atom stereocenters. The molecule has 3 rings (SSSR count). The Balaban J connectivity index is 1.42. The molecule has 2 amide bonds. The molecule has 1 saturated heterocycles. The van der Waals surface area contributed by atoms with Crippen LogP contribution in [0.1, 0.15) is 31.2 Å². The van der Waals surface area contributed by atoms with E-state index in [9.17, 15) is 9.59 Å². The zero-order valence-corrected chi connectivity index (χ0v) is 18.8. The highest BCUT2D eigenvalue weighted by Crippen LogP contribution is 2.27. The third-order valence-electron chi connectivity index (χ3n) is 5.47. The Morgan fingerprint density at radius 2 is 1.97 bits per heavy atom. The number of nitrogens with zero attached hydrogens (tertiary/aromatic N) is 1. The van der Waals surface area contributed by atoms with Crippen molar-refractivity contribution in [1.29, 1.82) is 0 Å². The number of carbonyl (C=O) groups excluding carboxylic acids is 2. The molecular weight excluding hydrogens is 416 g/mol. The van der Waals surface area contributed by atoms with E-state index in [-0.39, 0.29) is 18.4 Å². The molecule has 7 heteroatoms. The molecule has 1 aliphatic heterocycles. The maximum absolute atomic E-state index is 12.5. The minimum absolute atomic E-state index is 0.0115. The first-order chi connectivity index (χ1) is 14.9. The largest absolute Gasteiger partial charge is 0.495 e. The Bertz CT molecular complexity index is 901. The van der Waals surface area contributed by atoms with Gasteiger partial charge in [-0.1, -0.05) is 29.3 Å². The third-order valence-corrected chi connectivity index (χ3v) is 5.77. The molecule has 166 valence electrons. The van der Waals surface area contributed by atoms with Crippen LogP contribution in [0.5, 0.6) is 11.5 Å². The van der Waals surface area contributed by atoms with Crippen molar-refractivity contribution in [1.82, 2.24) is 4.90 Å². The van der Waals surface area contributed by atoms with Gasteiger partial charge in [0.05, 0.1) is 12.1 Å². The predicted molar refractivity (Wildman–Crippen MR) is 122 cm³/mol. The lowest BCUT2D eigenvalue weighted by molar-refractivity contribution is -0.135. The van der Waals surface area contributed by atoms with Crippen molar-refractivity contribution in [2.75, 3.05) is 32.1 Å². The first-order valence-electron chi connectivity index (χ1n) is 10.5. The summed E-state index contributed by atoms with van der Waals surface area (Å²) in [5.41, 5.74) is 1.79. The number of hydrogen-bond donors (Lipinski definition) is 1. The van der Waals surface area contributed by atoms with Crippen LogP contribution in [0.15, 0.2) is 42.5 Å². The van der Waals surface area contributed by atoms with E-state index in [1.165, 1.54) is 0 Å². The van der Waals surface area contributed by atoms with E-state index < -0.39 is 0 Å². The average molecular weight is 445 g/mol. The molecule has 0 radical (unpaired) electrons. The summed E-state index contributed by atoms with van der Waals surface area (Å²) in [5.74, 6) is 1.50. The van der Waals surface area contributed by atoms with Crippen LogP contribution in [0.2, 0.25) is 5.02 Å². The maximum Gasteiger partial charge on any atom is 0.260 e. The fourth-order valence-electron chi connectivity index (χ4n) is 3.70. The fourth-order valence-corrected chi connectivity index (χ4v) is 3.96. The van der Waals surface area contributed by atoms with Gasteiger partial charge in [0.15, 0.2) is 6.61 Å². The summed E-state index contributed by atoms with van der Waals surface area (Å²) in [5, 5.41) is 3.32. The number of amides is 2. The second-order valence-electron chi connectivity index (χ2n) is 7.89. The minimum atomic E-state index is -0.0626. The third kappa shape index (κ3) is 6.89. The Morgan fingerprint density at radius 3 is 2.68 bits per heavy atom. The molecule has 0 aliphatic carbocycles. The van der Waals surface area contributed by atoms with Crippen LogP contribution >= 0.6 is 11.6 Å². The van der Waals surface area contributed by atoms with Gasteiger partial charge < -0.3 is 19.7 Å². The maximum atomic E-state index is 12.5. The van der Waals surface area contributed by atoms with E-state index >= 15 is 0 Å². The molecular formula is C24H29ClN2O4. The van der Waals surface area contributed by atoms with Crippen molar-refractivity contribution in [2.24, 2.45) is 5.92 Å². The number of carbonyl (C=O) groups is 2. The molecule has 1 N–H and O–H groups in total. The molecule has 2 aromatic rings. The number of methoxy groups -OCH3 is 1. The highest BCUT2D eigenvalue weighted by atomic mass is 35.5. The number of piperidine rings is 1. The summed E-state index contributed by atoms with van der Waals surface area (Å²) in [6.07, 6.45) is 3.09. The number of rotatable bonds is 8. The first-order valence-corrected chi connectivity index (χ1v) is 10.9. The van der Waals surface area contributed by atoms with E-state index in [2.05, 4.69) is 5.32 Å². The van der Waals surface area contributed by atoms with E-state index in [4.69, 9.17) is 21.1 Å². The molecule has 0 unspecified atom stereocenters. The van der Waals surface area contributed by atoms with Crippen LogP contribution in [-0.2, 0) is 9.59 Å². The number of benzene rings is 2. The topological polar surface area (TPSA) is 67.9 Å². The predicted octanol–water partition coefficient (Wildman–Crippen LogP) is 4.69. The van der Waals surface area contributed by atoms with Gasteiger partial charge in [-0.15, -0.1) is 0 Å². The summed E-state index contributed by atoms with van der Waals surface area (Å²) in [7, 11) is 1.55. The number of anilines is 1. The van der Waals surface area contributed by atoms with Crippen LogP contribution < -0.4 is 14.8 Å². The van der Waals surface area contributed by atoms with Gasteiger partial charge in [0, 0.05) is 25.2 Å². The van der Waals surface area contributed by atoms with Gasteiger partial charge in [-0.05, 0) is 62.4 Å². The molecule has 31 heavy (non-hydrogen) atoms. The minimum Gasteiger partial charge on any atom is -0.495 e. The van der Waals surface area contributed by atoms with Gasteiger partial charge in [0.1, 0.15) is 11.5 Å². The summed E-state index contributed by atoms with van der Waals surface area (Å²) < 4.78 is 10.7. The van der Waals surface area contributed by atoms with Crippen molar-refractivity contribution in [3.8, 4) is 11.5 Å². The molecule has 1 heterocycles. The Labute approximate surface area is 188 Å². The zero-order valence-electron chi connectivity index (χ0n) is 18.0. The van der Waals surface area contributed by atoms with Crippen LogP contribution in [0.25, 0.3) is 0 Å². The summed E-state index contributed by atoms with van der Waals surface area (Å²) in [4.78, 5) is 26.7. The lowest BCUT2D eigenvalue weighted by atomic mass is 9.93. The number of nitrogens with one attached hydrogen (secondary N) is 1. The highest BCUT2D eigenvalue weighted by Gasteiger charge is 2.24. The van der Waals surface area contributed by atoms with Gasteiger partial charge in [-0.2, -0.15) is 0 Å². The van der Waals surface area contributed by atoms with Crippen molar-refractivity contribution in [2.45, 2.75) is 32.6 Å². The van der Waals surface area contributed by atoms with Gasteiger partial charge in [-0.25, -0.2) is 0 Å². The second kappa shape index (κ2) is 11.0. The molecule has 0 bridgehead atoms. The number of ether oxygens (including phenoxy) is 2. The fraction of sp³-hybridized carbons (Fsp3) is 0.417. The van der Waals surface area contributed by atoms with Gasteiger partial charge in [-0.3, -0.25) is 9.59 Å². The molecule has 0 aromatic heterocycles. The number of hydrogen-bond acceptors (Lipinski definition) is 4. The Morgan fingerprint density at radius 1 is 1.19 bits per heavy atom. The molecule has 2 aromatic carbocycles.